The van der Waals surface area contributed by atoms with E-state index in [0.29, 0.717) is 15.9 Å². The standard InChI is InChI=1S/C23H17ClN4O2/c24-18-12-10-16(11-13-18)14-25-27-22(29)21-26-20-9-5-4-8-19(20)23(30)28(21)15-17-6-2-1-3-7-17/h1-14H,15H2,(H,27,29)/b25-14-. The molecule has 4 rings (SSSR count). The van der Waals surface area contributed by atoms with Crippen LogP contribution in [0.2, 0.25) is 5.02 Å². The maximum absolute atomic E-state index is 13.1. The Labute approximate surface area is 177 Å². The molecule has 0 spiro atoms. The van der Waals surface area contributed by atoms with Crippen molar-refractivity contribution in [1.29, 1.82) is 0 Å². The Morgan fingerprint density at radius 2 is 1.70 bits per heavy atom. The quantitative estimate of drug-likeness (QED) is 0.396. The second-order valence-corrected chi connectivity index (χ2v) is 7.02. The number of benzene rings is 3. The average molecular weight is 417 g/mol. The van der Waals surface area contributed by atoms with E-state index in [9.17, 15) is 9.59 Å². The molecular formula is C23H17ClN4O2. The van der Waals surface area contributed by atoms with E-state index in [-0.39, 0.29) is 17.9 Å². The maximum Gasteiger partial charge on any atom is 0.307 e. The number of aromatic nitrogens is 2. The smallest absolute Gasteiger partial charge is 0.283 e. The molecule has 6 nitrogen and oxygen atoms in total. The van der Waals surface area contributed by atoms with Gasteiger partial charge in [0.2, 0.25) is 5.82 Å². The van der Waals surface area contributed by atoms with Gasteiger partial charge in [0.05, 0.1) is 23.7 Å². The lowest BCUT2D eigenvalue weighted by Crippen LogP contribution is -2.32. The fourth-order valence-electron chi connectivity index (χ4n) is 3.02. The number of hydrogen-bond donors (Lipinski definition) is 1. The summed E-state index contributed by atoms with van der Waals surface area (Å²) in [5.41, 5.74) is 4.29. The minimum atomic E-state index is -0.570. The molecule has 0 radical (unpaired) electrons. The third kappa shape index (κ3) is 4.29. The van der Waals surface area contributed by atoms with Crippen molar-refractivity contribution in [2.75, 3.05) is 0 Å². The van der Waals surface area contributed by atoms with Crippen LogP contribution in [0.4, 0.5) is 0 Å². The number of hydrazone groups is 1. The highest BCUT2D eigenvalue weighted by atomic mass is 35.5. The Morgan fingerprint density at radius 1 is 1.00 bits per heavy atom. The fourth-order valence-corrected chi connectivity index (χ4v) is 3.14. The highest BCUT2D eigenvalue weighted by molar-refractivity contribution is 6.30. The van der Waals surface area contributed by atoms with Crippen molar-refractivity contribution in [3.8, 4) is 0 Å². The summed E-state index contributed by atoms with van der Waals surface area (Å²) in [6.45, 7) is 0.223. The van der Waals surface area contributed by atoms with Crippen LogP contribution in [0.1, 0.15) is 21.7 Å². The molecule has 148 valence electrons. The van der Waals surface area contributed by atoms with E-state index in [0.717, 1.165) is 11.1 Å². The third-order valence-corrected chi connectivity index (χ3v) is 4.75. The molecule has 7 heteroatoms. The van der Waals surface area contributed by atoms with Gasteiger partial charge < -0.3 is 0 Å². The van der Waals surface area contributed by atoms with E-state index in [1.54, 1.807) is 48.5 Å². The molecule has 0 bridgehead atoms. The molecule has 0 saturated carbocycles. The average Bonchev–Trinajstić information content (AvgIpc) is 2.77. The minimum absolute atomic E-state index is 0.00388. The van der Waals surface area contributed by atoms with E-state index in [2.05, 4.69) is 15.5 Å². The first-order valence-corrected chi connectivity index (χ1v) is 9.62. The lowest BCUT2D eigenvalue weighted by atomic mass is 10.2. The van der Waals surface area contributed by atoms with Crippen LogP contribution in [0.3, 0.4) is 0 Å². The van der Waals surface area contributed by atoms with E-state index in [1.165, 1.54) is 10.8 Å². The van der Waals surface area contributed by atoms with E-state index < -0.39 is 5.91 Å². The van der Waals surface area contributed by atoms with Crippen LogP contribution >= 0.6 is 11.6 Å². The molecule has 0 saturated heterocycles. The summed E-state index contributed by atoms with van der Waals surface area (Å²) >= 11 is 5.87. The Balaban J connectivity index is 1.69. The summed E-state index contributed by atoms with van der Waals surface area (Å²) in [6.07, 6.45) is 1.49. The number of fused-ring (bicyclic) bond motifs is 1. The van der Waals surface area contributed by atoms with Gasteiger partial charge in [0.15, 0.2) is 0 Å². The van der Waals surface area contributed by atoms with Gasteiger partial charge in [0.25, 0.3) is 5.56 Å². The SMILES string of the molecule is O=C(N/N=C\c1ccc(Cl)cc1)c1nc2ccccc2c(=O)n1Cc1ccccc1. The molecule has 0 unspecified atom stereocenters. The molecule has 1 aromatic heterocycles. The van der Waals surface area contributed by atoms with Gasteiger partial charge in [-0.05, 0) is 35.4 Å². The molecule has 0 atom stereocenters. The van der Waals surface area contributed by atoms with E-state index in [1.807, 2.05) is 30.3 Å². The zero-order chi connectivity index (χ0) is 20.9. The molecule has 3 aromatic carbocycles. The van der Waals surface area contributed by atoms with Crippen LogP contribution in [-0.4, -0.2) is 21.7 Å². The molecule has 30 heavy (non-hydrogen) atoms. The van der Waals surface area contributed by atoms with Crippen molar-refractivity contribution in [3.63, 3.8) is 0 Å². The number of carbonyl (C=O) groups excluding carboxylic acids is 1. The summed E-state index contributed by atoms with van der Waals surface area (Å²) < 4.78 is 1.37. The minimum Gasteiger partial charge on any atom is -0.283 e. The van der Waals surface area contributed by atoms with Crippen LogP contribution < -0.4 is 11.0 Å². The first-order chi connectivity index (χ1) is 14.6. The molecular weight excluding hydrogens is 400 g/mol. The van der Waals surface area contributed by atoms with Gasteiger partial charge in [-0.2, -0.15) is 5.10 Å². The van der Waals surface area contributed by atoms with Crippen LogP contribution in [0.15, 0.2) is 88.8 Å². The molecule has 0 fully saturated rings. The zero-order valence-corrected chi connectivity index (χ0v) is 16.6. The van der Waals surface area contributed by atoms with Crippen molar-refractivity contribution in [1.82, 2.24) is 15.0 Å². The van der Waals surface area contributed by atoms with Gasteiger partial charge in [0, 0.05) is 5.02 Å². The Kier molecular flexibility index (Phi) is 5.68. The predicted octanol–water partition coefficient (Wildman–Crippen LogP) is 3.86. The number of carbonyl (C=O) groups is 1. The monoisotopic (exact) mass is 416 g/mol. The van der Waals surface area contributed by atoms with Crippen molar-refractivity contribution in [2.24, 2.45) is 5.10 Å². The highest BCUT2D eigenvalue weighted by Gasteiger charge is 2.17. The predicted molar refractivity (Wildman–Crippen MR) is 118 cm³/mol. The van der Waals surface area contributed by atoms with Crippen molar-refractivity contribution >= 4 is 34.6 Å². The van der Waals surface area contributed by atoms with Crippen LogP contribution in [0, 0.1) is 0 Å². The molecule has 0 aliphatic rings. The summed E-state index contributed by atoms with van der Waals surface area (Å²) in [4.78, 5) is 30.3. The number of amides is 1. The van der Waals surface area contributed by atoms with E-state index in [4.69, 9.17) is 11.6 Å². The molecule has 4 aromatic rings. The number of para-hydroxylation sites is 1. The second kappa shape index (κ2) is 8.71. The van der Waals surface area contributed by atoms with Gasteiger partial charge in [-0.3, -0.25) is 14.2 Å². The Morgan fingerprint density at radius 3 is 2.47 bits per heavy atom. The van der Waals surface area contributed by atoms with Crippen LogP contribution in [-0.2, 0) is 6.54 Å². The lowest BCUT2D eigenvalue weighted by molar-refractivity contribution is 0.0939. The summed E-state index contributed by atoms with van der Waals surface area (Å²) in [5.74, 6) is -0.574. The van der Waals surface area contributed by atoms with Crippen LogP contribution in [0.5, 0.6) is 0 Å². The van der Waals surface area contributed by atoms with Crippen molar-refractivity contribution in [2.45, 2.75) is 6.54 Å². The lowest BCUT2D eigenvalue weighted by Gasteiger charge is -2.12. The largest absolute Gasteiger partial charge is 0.307 e. The van der Waals surface area contributed by atoms with Gasteiger partial charge in [-0.15, -0.1) is 0 Å². The zero-order valence-electron chi connectivity index (χ0n) is 15.8. The number of rotatable bonds is 5. The second-order valence-electron chi connectivity index (χ2n) is 6.58. The number of nitrogens with zero attached hydrogens (tertiary/aromatic N) is 3. The normalized spacial score (nSPS) is 11.1. The van der Waals surface area contributed by atoms with Gasteiger partial charge in [0.1, 0.15) is 0 Å². The van der Waals surface area contributed by atoms with Gasteiger partial charge in [-0.25, -0.2) is 10.4 Å². The maximum atomic E-state index is 13.1. The molecule has 1 N–H and O–H groups in total. The highest BCUT2D eigenvalue weighted by Crippen LogP contribution is 2.11. The fraction of sp³-hybridized carbons (Fsp3) is 0.0435. The summed E-state index contributed by atoms with van der Waals surface area (Å²) in [6, 6.07) is 23.4. The summed E-state index contributed by atoms with van der Waals surface area (Å²) in [7, 11) is 0. The van der Waals surface area contributed by atoms with Gasteiger partial charge in [-0.1, -0.05) is 66.2 Å². The molecule has 0 aliphatic carbocycles. The van der Waals surface area contributed by atoms with Crippen LogP contribution in [0.25, 0.3) is 10.9 Å². The Hall–Kier alpha value is -3.77. The summed E-state index contributed by atoms with van der Waals surface area (Å²) in [5, 5.41) is 5.05. The number of hydrogen-bond acceptors (Lipinski definition) is 4. The first-order valence-electron chi connectivity index (χ1n) is 9.24. The first kappa shape index (κ1) is 19.5. The van der Waals surface area contributed by atoms with Crippen molar-refractivity contribution in [3.05, 3.63) is 111 Å². The third-order valence-electron chi connectivity index (χ3n) is 4.50. The number of halogens is 1. The van der Waals surface area contributed by atoms with E-state index >= 15 is 0 Å². The molecule has 1 amide bonds. The number of nitrogens with one attached hydrogen (secondary N) is 1. The topological polar surface area (TPSA) is 76.3 Å². The molecule has 0 aliphatic heterocycles. The Bertz CT molecular complexity index is 1280. The molecule has 1 heterocycles. The van der Waals surface area contributed by atoms with Gasteiger partial charge >= 0.3 is 5.91 Å². The van der Waals surface area contributed by atoms with Crippen molar-refractivity contribution < 1.29 is 4.79 Å².